The third-order valence-electron chi connectivity index (χ3n) is 3.06. The number of ether oxygens (including phenoxy) is 1. The minimum atomic E-state index is 0.410. The van der Waals surface area contributed by atoms with E-state index >= 15 is 0 Å². The Morgan fingerprint density at radius 3 is 2.70 bits per heavy atom. The van der Waals surface area contributed by atoms with Crippen LogP contribution in [0.3, 0.4) is 0 Å². The third kappa shape index (κ3) is 2.81. The number of morpholine rings is 1. The van der Waals surface area contributed by atoms with Gasteiger partial charge in [-0.1, -0.05) is 11.6 Å². The third-order valence-corrected chi connectivity index (χ3v) is 3.25. The lowest BCUT2D eigenvalue weighted by atomic mass is 10.2. The van der Waals surface area contributed by atoms with E-state index in [1.807, 2.05) is 6.07 Å². The van der Waals surface area contributed by atoms with Crippen molar-refractivity contribution in [2.45, 2.75) is 0 Å². The van der Waals surface area contributed by atoms with Crippen molar-refractivity contribution < 1.29 is 4.74 Å². The first-order chi connectivity index (χ1) is 9.72. The number of rotatable bonds is 2. The Bertz CT molecular complexity index is 598. The van der Waals surface area contributed by atoms with Gasteiger partial charge in [-0.05, 0) is 12.1 Å². The van der Waals surface area contributed by atoms with Gasteiger partial charge in [-0.2, -0.15) is 0 Å². The molecule has 20 heavy (non-hydrogen) atoms. The molecule has 1 aliphatic heterocycles. The van der Waals surface area contributed by atoms with Crippen LogP contribution in [-0.2, 0) is 4.74 Å². The van der Waals surface area contributed by atoms with Crippen LogP contribution in [0.15, 0.2) is 24.4 Å². The molecule has 6 nitrogen and oxygen atoms in total. The molecule has 0 aromatic carbocycles. The van der Waals surface area contributed by atoms with Gasteiger partial charge in [0, 0.05) is 30.9 Å². The highest BCUT2D eigenvalue weighted by Gasteiger charge is 2.15. The molecule has 2 N–H and O–H groups in total. The van der Waals surface area contributed by atoms with Crippen LogP contribution in [0, 0.1) is 0 Å². The Labute approximate surface area is 121 Å². The normalized spacial score (nSPS) is 15.3. The molecule has 0 unspecified atom stereocenters. The molecule has 2 aromatic rings. The number of nitrogen functional groups attached to an aromatic ring is 1. The molecular weight excluding hydrogens is 278 g/mol. The number of nitrogens with zero attached hydrogens (tertiary/aromatic N) is 4. The maximum absolute atomic E-state index is 6.10. The van der Waals surface area contributed by atoms with Crippen molar-refractivity contribution >= 4 is 23.4 Å². The number of anilines is 2. The summed E-state index contributed by atoms with van der Waals surface area (Å²) in [6, 6.07) is 5.32. The van der Waals surface area contributed by atoms with E-state index in [9.17, 15) is 0 Å². The fraction of sp³-hybridized carbons (Fsp3) is 0.308. The predicted molar refractivity (Wildman–Crippen MR) is 77.7 cm³/mol. The van der Waals surface area contributed by atoms with Gasteiger partial charge < -0.3 is 15.4 Å². The summed E-state index contributed by atoms with van der Waals surface area (Å²) in [4.78, 5) is 15.0. The molecular formula is C13H14ClN5O. The maximum atomic E-state index is 6.10. The average molecular weight is 292 g/mol. The second-order valence-corrected chi connectivity index (χ2v) is 4.83. The molecule has 0 bridgehead atoms. The summed E-state index contributed by atoms with van der Waals surface area (Å²) in [7, 11) is 0. The van der Waals surface area contributed by atoms with Crippen LogP contribution in [0.5, 0.6) is 0 Å². The van der Waals surface area contributed by atoms with Crippen LogP contribution in [0.25, 0.3) is 11.3 Å². The molecule has 7 heteroatoms. The van der Waals surface area contributed by atoms with E-state index in [0.29, 0.717) is 30.1 Å². The van der Waals surface area contributed by atoms with Gasteiger partial charge >= 0.3 is 0 Å². The zero-order chi connectivity index (χ0) is 13.9. The Balaban J connectivity index is 1.95. The molecule has 1 fully saturated rings. The molecule has 0 spiro atoms. The second kappa shape index (κ2) is 5.60. The van der Waals surface area contributed by atoms with Gasteiger partial charge in [0.25, 0.3) is 0 Å². The summed E-state index contributed by atoms with van der Waals surface area (Å²) in [5.74, 6) is 1.09. The quantitative estimate of drug-likeness (QED) is 0.847. The number of aromatic nitrogens is 3. The van der Waals surface area contributed by atoms with E-state index in [2.05, 4.69) is 19.9 Å². The average Bonchev–Trinajstić information content (AvgIpc) is 2.48. The Morgan fingerprint density at radius 2 is 2.00 bits per heavy atom. The molecule has 0 atom stereocenters. The van der Waals surface area contributed by atoms with Crippen LogP contribution in [0.4, 0.5) is 11.8 Å². The van der Waals surface area contributed by atoms with Crippen molar-refractivity contribution in [2.24, 2.45) is 0 Å². The Kier molecular flexibility index (Phi) is 3.66. The number of halogens is 1. The Morgan fingerprint density at radius 1 is 1.20 bits per heavy atom. The molecule has 0 radical (unpaired) electrons. The van der Waals surface area contributed by atoms with E-state index in [0.717, 1.165) is 24.3 Å². The van der Waals surface area contributed by atoms with E-state index in [4.69, 9.17) is 22.1 Å². The van der Waals surface area contributed by atoms with Crippen LogP contribution in [0.2, 0.25) is 5.15 Å². The lowest BCUT2D eigenvalue weighted by Crippen LogP contribution is -2.37. The maximum Gasteiger partial charge on any atom is 0.227 e. The monoisotopic (exact) mass is 291 g/mol. The van der Waals surface area contributed by atoms with Gasteiger partial charge in [0.15, 0.2) is 0 Å². The van der Waals surface area contributed by atoms with Crippen molar-refractivity contribution in [2.75, 3.05) is 36.9 Å². The van der Waals surface area contributed by atoms with Crippen molar-refractivity contribution in [1.82, 2.24) is 15.0 Å². The van der Waals surface area contributed by atoms with Crippen molar-refractivity contribution in [1.29, 1.82) is 0 Å². The standard InChI is InChI=1S/C13H14ClN5O/c14-11-7-10(9-1-2-12(15)16-8-9)17-13(18-11)19-3-5-20-6-4-19/h1-2,7-8H,3-6H2,(H2,15,16). The molecule has 3 heterocycles. The van der Waals surface area contributed by atoms with E-state index in [1.54, 1.807) is 18.3 Å². The number of nitrogens with two attached hydrogens (primary N) is 1. The smallest absolute Gasteiger partial charge is 0.227 e. The highest BCUT2D eigenvalue weighted by molar-refractivity contribution is 6.29. The summed E-state index contributed by atoms with van der Waals surface area (Å²) < 4.78 is 5.33. The van der Waals surface area contributed by atoms with Crippen LogP contribution >= 0.6 is 11.6 Å². The minimum Gasteiger partial charge on any atom is -0.384 e. The highest BCUT2D eigenvalue weighted by atomic mass is 35.5. The summed E-state index contributed by atoms with van der Waals surface area (Å²) in [6.45, 7) is 2.88. The van der Waals surface area contributed by atoms with Gasteiger partial charge in [0.1, 0.15) is 11.0 Å². The lowest BCUT2D eigenvalue weighted by Gasteiger charge is -2.27. The zero-order valence-corrected chi connectivity index (χ0v) is 11.5. The summed E-state index contributed by atoms with van der Waals surface area (Å²) in [6.07, 6.45) is 1.68. The largest absolute Gasteiger partial charge is 0.384 e. The van der Waals surface area contributed by atoms with Gasteiger partial charge in [0.2, 0.25) is 5.95 Å². The molecule has 1 saturated heterocycles. The van der Waals surface area contributed by atoms with Gasteiger partial charge in [0.05, 0.1) is 18.9 Å². The molecule has 3 rings (SSSR count). The van der Waals surface area contributed by atoms with Crippen LogP contribution < -0.4 is 10.6 Å². The molecule has 0 saturated carbocycles. The summed E-state index contributed by atoms with van der Waals surface area (Å²) >= 11 is 6.10. The van der Waals surface area contributed by atoms with Crippen LogP contribution in [0.1, 0.15) is 0 Å². The predicted octanol–water partition coefficient (Wildman–Crippen LogP) is 1.61. The molecule has 0 aliphatic carbocycles. The minimum absolute atomic E-state index is 0.410. The molecule has 1 aliphatic rings. The van der Waals surface area contributed by atoms with E-state index < -0.39 is 0 Å². The Hall–Kier alpha value is -1.92. The highest BCUT2D eigenvalue weighted by Crippen LogP contribution is 2.23. The summed E-state index contributed by atoms with van der Waals surface area (Å²) in [5, 5.41) is 0.410. The first kappa shape index (κ1) is 13.1. The van der Waals surface area contributed by atoms with Gasteiger partial charge in [-0.3, -0.25) is 0 Å². The van der Waals surface area contributed by atoms with Crippen molar-refractivity contribution in [3.05, 3.63) is 29.5 Å². The van der Waals surface area contributed by atoms with Crippen molar-refractivity contribution in [3.63, 3.8) is 0 Å². The second-order valence-electron chi connectivity index (χ2n) is 4.45. The van der Waals surface area contributed by atoms with Gasteiger partial charge in [-0.25, -0.2) is 15.0 Å². The number of hydrogen-bond donors (Lipinski definition) is 1. The summed E-state index contributed by atoms with van der Waals surface area (Å²) in [5.41, 5.74) is 7.18. The first-order valence-electron chi connectivity index (χ1n) is 6.31. The van der Waals surface area contributed by atoms with Crippen molar-refractivity contribution in [3.8, 4) is 11.3 Å². The number of hydrogen-bond acceptors (Lipinski definition) is 6. The molecule has 2 aromatic heterocycles. The molecule has 0 amide bonds. The zero-order valence-electron chi connectivity index (χ0n) is 10.8. The van der Waals surface area contributed by atoms with E-state index in [-0.39, 0.29) is 0 Å². The SMILES string of the molecule is Nc1ccc(-c2cc(Cl)nc(N3CCOCC3)n2)cn1. The first-order valence-corrected chi connectivity index (χ1v) is 6.69. The van der Waals surface area contributed by atoms with Gasteiger partial charge in [-0.15, -0.1) is 0 Å². The fourth-order valence-corrected chi connectivity index (χ4v) is 2.19. The fourth-order valence-electron chi connectivity index (χ4n) is 2.02. The number of pyridine rings is 1. The topological polar surface area (TPSA) is 77.2 Å². The lowest BCUT2D eigenvalue weighted by molar-refractivity contribution is 0.122. The molecule has 104 valence electrons. The van der Waals surface area contributed by atoms with E-state index in [1.165, 1.54) is 0 Å². The van der Waals surface area contributed by atoms with Crippen LogP contribution in [-0.4, -0.2) is 41.3 Å².